The number of carbonyl (C=O) groups excluding carboxylic acids is 2. The smallest absolute Gasteiger partial charge is 0.322 e. The lowest BCUT2D eigenvalue weighted by molar-refractivity contribution is -0.137. The van der Waals surface area contributed by atoms with Crippen LogP contribution in [0, 0.1) is 0 Å². The lowest BCUT2D eigenvalue weighted by atomic mass is 10.3. The van der Waals surface area contributed by atoms with E-state index < -0.39 is 24.3 Å². The summed E-state index contributed by atoms with van der Waals surface area (Å²) in [4.78, 5) is 36.8. The molecule has 18 heavy (non-hydrogen) atoms. The fourth-order valence-corrected chi connectivity index (χ4v) is 1.47. The Morgan fingerprint density at radius 1 is 1.28 bits per heavy atom. The summed E-state index contributed by atoms with van der Waals surface area (Å²) in [5.74, 6) is -2.26. The maximum absolute atomic E-state index is 11.6. The van der Waals surface area contributed by atoms with Crippen molar-refractivity contribution in [2.24, 2.45) is 0 Å². The molecule has 0 aromatic carbocycles. The minimum Gasteiger partial charge on any atom is -0.480 e. The van der Waals surface area contributed by atoms with E-state index in [2.05, 4.69) is 31.5 Å². The van der Waals surface area contributed by atoms with Crippen molar-refractivity contribution in [3.8, 4) is 0 Å². The molecule has 0 spiro atoms. The first-order valence-corrected chi connectivity index (χ1v) is 5.67. The van der Waals surface area contributed by atoms with Crippen molar-refractivity contribution in [2.75, 3.05) is 13.1 Å². The average molecular weight is 316 g/mol. The van der Waals surface area contributed by atoms with Crippen LogP contribution in [0.15, 0.2) is 22.8 Å². The van der Waals surface area contributed by atoms with Gasteiger partial charge in [0.15, 0.2) is 0 Å². The maximum Gasteiger partial charge on any atom is 0.322 e. The van der Waals surface area contributed by atoms with Crippen LogP contribution in [-0.4, -0.2) is 41.0 Å². The number of carboxylic acids is 1. The molecule has 96 valence electrons. The summed E-state index contributed by atoms with van der Waals surface area (Å²) >= 11 is 3.15. The van der Waals surface area contributed by atoms with Gasteiger partial charge >= 0.3 is 5.97 Å². The third kappa shape index (κ3) is 4.50. The summed E-state index contributed by atoms with van der Waals surface area (Å²) in [6, 6.07) is 3.30. The molecule has 0 fully saturated rings. The molecule has 8 heteroatoms. The first-order chi connectivity index (χ1) is 8.50. The molecule has 2 amide bonds. The minimum atomic E-state index is -1.15. The third-order valence-electron chi connectivity index (χ3n) is 1.82. The van der Waals surface area contributed by atoms with Gasteiger partial charge in [-0.1, -0.05) is 0 Å². The van der Waals surface area contributed by atoms with Crippen LogP contribution in [0.3, 0.4) is 0 Å². The van der Waals surface area contributed by atoms with E-state index >= 15 is 0 Å². The number of pyridine rings is 1. The highest BCUT2D eigenvalue weighted by Crippen LogP contribution is 2.12. The van der Waals surface area contributed by atoms with E-state index in [0.29, 0.717) is 4.47 Å². The molecule has 3 N–H and O–H groups in total. The number of aromatic nitrogens is 1. The number of hydrogen-bond donors (Lipinski definition) is 3. The number of halogens is 1. The van der Waals surface area contributed by atoms with Gasteiger partial charge in [0.05, 0.1) is 6.54 Å². The normalized spacial score (nSPS) is 9.61. The predicted octanol–water partition coefficient (Wildman–Crippen LogP) is -0.225. The Hall–Kier alpha value is -1.96. The maximum atomic E-state index is 11.6. The molecule has 0 bridgehead atoms. The van der Waals surface area contributed by atoms with Crippen molar-refractivity contribution in [1.29, 1.82) is 0 Å². The number of hydrogen-bond acceptors (Lipinski definition) is 4. The van der Waals surface area contributed by atoms with E-state index in [1.807, 2.05) is 0 Å². The molecule has 1 rings (SSSR count). The van der Waals surface area contributed by atoms with Gasteiger partial charge in [-0.2, -0.15) is 0 Å². The van der Waals surface area contributed by atoms with Gasteiger partial charge in [-0.05, 0) is 28.1 Å². The highest BCUT2D eigenvalue weighted by atomic mass is 79.9. The number of amides is 2. The fourth-order valence-electron chi connectivity index (χ4n) is 1.03. The highest BCUT2D eigenvalue weighted by Gasteiger charge is 2.12. The van der Waals surface area contributed by atoms with Gasteiger partial charge in [-0.25, -0.2) is 4.98 Å². The van der Waals surface area contributed by atoms with Gasteiger partial charge in [0.2, 0.25) is 5.91 Å². The second-order valence-corrected chi connectivity index (χ2v) is 4.04. The van der Waals surface area contributed by atoms with Crippen LogP contribution in [0.2, 0.25) is 0 Å². The van der Waals surface area contributed by atoms with Gasteiger partial charge in [0, 0.05) is 10.7 Å². The van der Waals surface area contributed by atoms with E-state index in [4.69, 9.17) is 5.11 Å². The van der Waals surface area contributed by atoms with Gasteiger partial charge in [0.25, 0.3) is 5.91 Å². The fraction of sp³-hybridized carbons (Fsp3) is 0.200. The number of carboxylic acid groups (broad SMARTS) is 1. The van der Waals surface area contributed by atoms with Gasteiger partial charge < -0.3 is 15.7 Å². The summed E-state index contributed by atoms with van der Waals surface area (Å²) in [6.45, 7) is -0.795. The van der Waals surface area contributed by atoms with Gasteiger partial charge in [0.1, 0.15) is 12.2 Å². The van der Waals surface area contributed by atoms with Crippen molar-refractivity contribution < 1.29 is 19.5 Å². The van der Waals surface area contributed by atoms with Crippen LogP contribution in [0.4, 0.5) is 0 Å². The van der Waals surface area contributed by atoms with Crippen molar-refractivity contribution in [3.05, 3.63) is 28.5 Å². The van der Waals surface area contributed by atoms with Crippen LogP contribution in [0.5, 0.6) is 0 Å². The summed E-state index contributed by atoms with van der Waals surface area (Å²) < 4.78 is 0.508. The first-order valence-electron chi connectivity index (χ1n) is 4.88. The number of carbonyl (C=O) groups is 3. The molecule has 0 aliphatic heterocycles. The van der Waals surface area contributed by atoms with E-state index in [1.54, 1.807) is 12.1 Å². The van der Waals surface area contributed by atoms with Crippen LogP contribution >= 0.6 is 15.9 Å². The molecule has 0 atom stereocenters. The number of aliphatic carboxylic acids is 1. The second kappa shape index (κ2) is 6.70. The molecule has 0 aliphatic carbocycles. The molecule has 0 saturated heterocycles. The molecule has 0 unspecified atom stereocenters. The number of nitrogens with one attached hydrogen (secondary N) is 2. The molecule has 0 aliphatic rings. The Morgan fingerprint density at radius 2 is 2.00 bits per heavy atom. The predicted molar refractivity (Wildman–Crippen MR) is 64.9 cm³/mol. The lowest BCUT2D eigenvalue weighted by Crippen LogP contribution is -2.39. The van der Waals surface area contributed by atoms with Crippen LogP contribution < -0.4 is 10.6 Å². The Balaban J connectivity index is 2.45. The SMILES string of the molecule is O=C(O)CNC(=O)CNC(=O)c1ncccc1Br. The minimum absolute atomic E-state index is 0.156. The lowest BCUT2D eigenvalue weighted by Gasteiger charge is -2.05. The molecule has 0 saturated carbocycles. The average Bonchev–Trinajstić information content (AvgIpc) is 2.34. The molecule has 1 heterocycles. The third-order valence-corrected chi connectivity index (χ3v) is 2.46. The highest BCUT2D eigenvalue weighted by molar-refractivity contribution is 9.10. The molecule has 7 nitrogen and oxygen atoms in total. The monoisotopic (exact) mass is 315 g/mol. The summed E-state index contributed by atoms with van der Waals surface area (Å²) in [5.41, 5.74) is 0.156. The van der Waals surface area contributed by atoms with E-state index in [1.165, 1.54) is 6.20 Å². The Labute approximate surface area is 111 Å². The number of rotatable bonds is 5. The largest absolute Gasteiger partial charge is 0.480 e. The molecule has 1 aromatic rings. The Morgan fingerprint density at radius 3 is 2.61 bits per heavy atom. The van der Waals surface area contributed by atoms with E-state index in [0.717, 1.165) is 0 Å². The standard InChI is InChI=1S/C10H10BrN3O4/c11-6-2-1-3-12-9(6)10(18)14-4-7(15)13-5-8(16)17/h1-3H,4-5H2,(H,13,15)(H,14,18)(H,16,17). The topological polar surface area (TPSA) is 108 Å². The van der Waals surface area contributed by atoms with Crippen molar-refractivity contribution >= 4 is 33.7 Å². The molecule has 0 radical (unpaired) electrons. The van der Waals surface area contributed by atoms with Crippen LogP contribution in [0.25, 0.3) is 0 Å². The van der Waals surface area contributed by atoms with Crippen LogP contribution in [-0.2, 0) is 9.59 Å². The van der Waals surface area contributed by atoms with E-state index in [-0.39, 0.29) is 12.2 Å². The Bertz CT molecular complexity index is 478. The van der Waals surface area contributed by atoms with Gasteiger partial charge in [-0.3, -0.25) is 14.4 Å². The molecular weight excluding hydrogens is 306 g/mol. The first kappa shape index (κ1) is 14.1. The molecule has 1 aromatic heterocycles. The van der Waals surface area contributed by atoms with Gasteiger partial charge in [-0.15, -0.1) is 0 Å². The zero-order chi connectivity index (χ0) is 13.5. The quantitative estimate of drug-likeness (QED) is 0.696. The number of nitrogens with zero attached hydrogens (tertiary/aromatic N) is 1. The van der Waals surface area contributed by atoms with Crippen molar-refractivity contribution in [1.82, 2.24) is 15.6 Å². The Kier molecular flexibility index (Phi) is 5.25. The zero-order valence-corrected chi connectivity index (χ0v) is 10.7. The van der Waals surface area contributed by atoms with Crippen LogP contribution in [0.1, 0.15) is 10.5 Å². The summed E-state index contributed by atoms with van der Waals surface area (Å²) in [7, 11) is 0. The molecular formula is C10H10BrN3O4. The zero-order valence-electron chi connectivity index (χ0n) is 9.14. The van der Waals surface area contributed by atoms with Crippen molar-refractivity contribution in [3.63, 3.8) is 0 Å². The summed E-state index contributed by atoms with van der Waals surface area (Å²) in [6.07, 6.45) is 1.45. The summed E-state index contributed by atoms with van der Waals surface area (Å²) in [5, 5.41) is 12.8. The second-order valence-electron chi connectivity index (χ2n) is 3.19. The van der Waals surface area contributed by atoms with E-state index in [9.17, 15) is 14.4 Å². The van der Waals surface area contributed by atoms with Crippen molar-refractivity contribution in [2.45, 2.75) is 0 Å².